The van der Waals surface area contributed by atoms with E-state index in [1.165, 1.54) is 11.3 Å². The standard InChI is InChI=1S/C13H15N3O2S3/c14-12(19)9-10-1-3-11(4-2-10)21(17,18)16-6-5-13-15-7-8-20-13/h1-4,7-8,16H,5-6,9H2,(H2,14,19). The summed E-state index contributed by atoms with van der Waals surface area (Å²) < 4.78 is 26.8. The van der Waals surface area contributed by atoms with Gasteiger partial charge in [-0.1, -0.05) is 24.4 Å². The molecule has 0 aliphatic carbocycles. The molecular formula is C13H15N3O2S3. The average Bonchev–Trinajstić information content (AvgIpc) is 2.91. The van der Waals surface area contributed by atoms with Gasteiger partial charge in [-0.15, -0.1) is 11.3 Å². The molecule has 112 valence electrons. The first-order valence-electron chi connectivity index (χ1n) is 6.22. The van der Waals surface area contributed by atoms with E-state index in [0.717, 1.165) is 10.6 Å². The Hall–Kier alpha value is -1.35. The zero-order valence-electron chi connectivity index (χ0n) is 11.2. The van der Waals surface area contributed by atoms with Gasteiger partial charge in [0, 0.05) is 31.0 Å². The van der Waals surface area contributed by atoms with E-state index in [4.69, 9.17) is 18.0 Å². The molecule has 8 heteroatoms. The molecule has 0 bridgehead atoms. The maximum absolute atomic E-state index is 12.1. The summed E-state index contributed by atoms with van der Waals surface area (Å²) in [6.45, 7) is 0.324. The summed E-state index contributed by atoms with van der Waals surface area (Å²) in [5.74, 6) is 0. The number of benzene rings is 1. The number of nitrogens with zero attached hydrogens (tertiary/aromatic N) is 1. The molecule has 0 saturated heterocycles. The predicted octanol–water partition coefficient (Wildman–Crippen LogP) is 1.49. The number of sulfonamides is 1. The van der Waals surface area contributed by atoms with Crippen LogP contribution in [0.5, 0.6) is 0 Å². The molecule has 0 atom stereocenters. The van der Waals surface area contributed by atoms with Crippen LogP contribution in [0.25, 0.3) is 0 Å². The first-order valence-corrected chi connectivity index (χ1v) is 9.00. The van der Waals surface area contributed by atoms with Crippen LogP contribution in [-0.2, 0) is 22.9 Å². The first-order chi connectivity index (χ1) is 9.97. The van der Waals surface area contributed by atoms with Gasteiger partial charge in [0.05, 0.1) is 14.9 Å². The van der Waals surface area contributed by atoms with Crippen LogP contribution in [-0.4, -0.2) is 24.9 Å². The lowest BCUT2D eigenvalue weighted by atomic mass is 10.1. The van der Waals surface area contributed by atoms with Gasteiger partial charge in [-0.25, -0.2) is 18.1 Å². The third kappa shape index (κ3) is 4.85. The van der Waals surface area contributed by atoms with E-state index in [0.29, 0.717) is 24.4 Å². The van der Waals surface area contributed by atoms with Crippen LogP contribution < -0.4 is 10.5 Å². The number of thiocarbonyl (C=S) groups is 1. The van der Waals surface area contributed by atoms with Gasteiger partial charge in [-0.3, -0.25) is 0 Å². The molecule has 0 radical (unpaired) electrons. The van der Waals surface area contributed by atoms with Crippen LogP contribution in [0.2, 0.25) is 0 Å². The molecule has 0 fully saturated rings. The summed E-state index contributed by atoms with van der Waals surface area (Å²) in [5, 5.41) is 2.77. The SMILES string of the molecule is NC(=S)Cc1ccc(S(=O)(=O)NCCc2nccs2)cc1. The summed E-state index contributed by atoms with van der Waals surface area (Å²) in [6.07, 6.45) is 2.75. The van der Waals surface area contributed by atoms with Gasteiger partial charge in [-0.05, 0) is 17.7 Å². The van der Waals surface area contributed by atoms with E-state index in [1.54, 1.807) is 30.5 Å². The molecule has 21 heavy (non-hydrogen) atoms. The number of hydrogen-bond acceptors (Lipinski definition) is 5. The monoisotopic (exact) mass is 341 g/mol. The Morgan fingerprint density at radius 3 is 2.62 bits per heavy atom. The summed E-state index contributed by atoms with van der Waals surface area (Å²) in [4.78, 5) is 4.72. The van der Waals surface area contributed by atoms with Gasteiger partial charge < -0.3 is 5.73 Å². The summed E-state index contributed by atoms with van der Waals surface area (Å²) in [6, 6.07) is 6.54. The van der Waals surface area contributed by atoms with Crippen molar-refractivity contribution in [3.8, 4) is 0 Å². The second-order valence-corrected chi connectivity index (χ2v) is 7.63. The molecule has 1 aromatic carbocycles. The van der Waals surface area contributed by atoms with E-state index in [-0.39, 0.29) is 4.90 Å². The fourth-order valence-electron chi connectivity index (χ4n) is 1.74. The van der Waals surface area contributed by atoms with Gasteiger partial charge in [0.2, 0.25) is 10.0 Å². The average molecular weight is 341 g/mol. The molecule has 2 rings (SSSR count). The maximum Gasteiger partial charge on any atom is 0.240 e. The highest BCUT2D eigenvalue weighted by Gasteiger charge is 2.13. The van der Waals surface area contributed by atoms with Gasteiger partial charge in [0.15, 0.2) is 0 Å². The Kier molecular flexibility index (Phi) is 5.40. The minimum absolute atomic E-state index is 0.230. The molecule has 5 nitrogen and oxygen atoms in total. The van der Waals surface area contributed by atoms with Crippen LogP contribution in [0, 0.1) is 0 Å². The molecule has 2 aromatic rings. The largest absolute Gasteiger partial charge is 0.393 e. The van der Waals surface area contributed by atoms with Gasteiger partial charge in [-0.2, -0.15) is 0 Å². The Balaban J connectivity index is 1.96. The minimum Gasteiger partial charge on any atom is -0.393 e. The van der Waals surface area contributed by atoms with E-state index in [9.17, 15) is 8.42 Å². The fraction of sp³-hybridized carbons (Fsp3) is 0.231. The van der Waals surface area contributed by atoms with Crippen molar-refractivity contribution in [2.24, 2.45) is 5.73 Å². The molecule has 0 aliphatic rings. The molecule has 0 amide bonds. The van der Waals surface area contributed by atoms with Crippen molar-refractivity contribution in [1.82, 2.24) is 9.71 Å². The number of nitrogens with one attached hydrogen (secondary N) is 1. The predicted molar refractivity (Wildman–Crippen MR) is 87.9 cm³/mol. The van der Waals surface area contributed by atoms with Crippen molar-refractivity contribution in [3.05, 3.63) is 46.4 Å². The number of nitrogens with two attached hydrogens (primary N) is 1. The quantitative estimate of drug-likeness (QED) is 0.745. The molecule has 0 spiro atoms. The second-order valence-electron chi connectivity index (χ2n) is 4.36. The summed E-state index contributed by atoms with van der Waals surface area (Å²) in [5.41, 5.74) is 6.35. The van der Waals surface area contributed by atoms with Gasteiger partial charge in [0.25, 0.3) is 0 Å². The highest BCUT2D eigenvalue weighted by molar-refractivity contribution is 7.89. The lowest BCUT2D eigenvalue weighted by Gasteiger charge is -2.07. The van der Waals surface area contributed by atoms with Crippen molar-refractivity contribution in [2.75, 3.05) is 6.54 Å². The van der Waals surface area contributed by atoms with Crippen LogP contribution in [0.4, 0.5) is 0 Å². The van der Waals surface area contributed by atoms with Crippen molar-refractivity contribution in [1.29, 1.82) is 0 Å². The number of aromatic nitrogens is 1. The smallest absolute Gasteiger partial charge is 0.240 e. The minimum atomic E-state index is -3.50. The fourth-order valence-corrected chi connectivity index (χ4v) is 3.56. The molecule has 0 saturated carbocycles. The van der Waals surface area contributed by atoms with Crippen molar-refractivity contribution in [2.45, 2.75) is 17.7 Å². The third-order valence-electron chi connectivity index (χ3n) is 2.73. The van der Waals surface area contributed by atoms with E-state index in [1.807, 2.05) is 5.38 Å². The Morgan fingerprint density at radius 1 is 1.33 bits per heavy atom. The lowest BCUT2D eigenvalue weighted by molar-refractivity contribution is 0.581. The number of rotatable bonds is 7. The highest BCUT2D eigenvalue weighted by atomic mass is 32.2. The van der Waals surface area contributed by atoms with Crippen LogP contribution in [0.3, 0.4) is 0 Å². The van der Waals surface area contributed by atoms with Crippen molar-refractivity contribution >= 4 is 38.6 Å². The summed E-state index contributed by atoms with van der Waals surface area (Å²) >= 11 is 6.33. The van der Waals surface area contributed by atoms with E-state index < -0.39 is 10.0 Å². The molecular weight excluding hydrogens is 326 g/mol. The van der Waals surface area contributed by atoms with Crippen molar-refractivity contribution < 1.29 is 8.42 Å². The highest BCUT2D eigenvalue weighted by Crippen LogP contribution is 2.11. The number of thiazole rings is 1. The lowest BCUT2D eigenvalue weighted by Crippen LogP contribution is -2.26. The topological polar surface area (TPSA) is 85.1 Å². The molecule has 1 heterocycles. The van der Waals surface area contributed by atoms with Crippen molar-refractivity contribution in [3.63, 3.8) is 0 Å². The molecule has 0 aliphatic heterocycles. The van der Waals surface area contributed by atoms with Gasteiger partial charge >= 0.3 is 0 Å². The first kappa shape index (κ1) is 16.0. The molecule has 3 N–H and O–H groups in total. The third-order valence-corrected chi connectivity index (χ3v) is 5.19. The normalized spacial score (nSPS) is 11.4. The second kappa shape index (κ2) is 7.08. The van der Waals surface area contributed by atoms with Crippen LogP contribution >= 0.6 is 23.6 Å². The molecule has 1 aromatic heterocycles. The zero-order chi connectivity index (χ0) is 15.3. The van der Waals surface area contributed by atoms with Crippen LogP contribution in [0.1, 0.15) is 10.6 Å². The Labute approximate surface area is 133 Å². The van der Waals surface area contributed by atoms with Gasteiger partial charge in [0.1, 0.15) is 0 Å². The molecule has 0 unspecified atom stereocenters. The summed E-state index contributed by atoms with van der Waals surface area (Å²) in [7, 11) is -3.50. The van der Waals surface area contributed by atoms with E-state index in [2.05, 4.69) is 9.71 Å². The van der Waals surface area contributed by atoms with E-state index >= 15 is 0 Å². The Morgan fingerprint density at radius 2 is 2.05 bits per heavy atom. The zero-order valence-corrected chi connectivity index (χ0v) is 13.6. The van der Waals surface area contributed by atoms with Crippen LogP contribution in [0.15, 0.2) is 40.7 Å². The maximum atomic E-state index is 12.1. The Bertz CT molecular complexity index is 695. The number of hydrogen-bond donors (Lipinski definition) is 2.